The molecule has 1 fully saturated rings. The second-order valence-corrected chi connectivity index (χ2v) is 4.13. The molecule has 19 heavy (non-hydrogen) atoms. The highest BCUT2D eigenvalue weighted by Crippen LogP contribution is 2.10. The number of morpholine rings is 1. The molecule has 1 heterocycles. The predicted molar refractivity (Wildman–Crippen MR) is 70.2 cm³/mol. The third-order valence-corrected chi connectivity index (χ3v) is 2.82. The first-order valence-corrected chi connectivity index (χ1v) is 5.90. The molecule has 2 rings (SSSR count). The van der Waals surface area contributed by atoms with Crippen molar-refractivity contribution in [1.29, 1.82) is 0 Å². The summed E-state index contributed by atoms with van der Waals surface area (Å²) in [6, 6.07) is 8.94. The minimum atomic E-state index is -0.569. The molecule has 0 spiro atoms. The van der Waals surface area contributed by atoms with Crippen LogP contribution in [0, 0.1) is 0 Å². The number of oxime groups is 1. The van der Waals surface area contributed by atoms with Gasteiger partial charge in [-0.25, -0.2) is 4.79 Å². The lowest BCUT2D eigenvalue weighted by molar-refractivity contribution is 0.0223. The third-order valence-electron chi connectivity index (χ3n) is 2.82. The van der Waals surface area contributed by atoms with Crippen molar-refractivity contribution in [3.63, 3.8) is 0 Å². The molecule has 0 bridgehead atoms. The Hall–Kier alpha value is -2.28. The summed E-state index contributed by atoms with van der Waals surface area (Å²) in [5.74, 6) is -0.0304. The Morgan fingerprint density at radius 2 is 2.21 bits per heavy atom. The number of amidine groups is 1. The highest BCUT2D eigenvalue weighted by atomic mass is 16.5. The van der Waals surface area contributed by atoms with Crippen molar-refractivity contribution >= 4 is 17.6 Å². The Morgan fingerprint density at radius 1 is 1.47 bits per heavy atom. The number of para-hydroxylation sites is 1. The summed E-state index contributed by atoms with van der Waals surface area (Å²) in [6.07, 6.45) is -0.569. The van der Waals surface area contributed by atoms with Crippen molar-refractivity contribution in [1.82, 2.24) is 4.90 Å². The molecule has 7 heteroatoms. The van der Waals surface area contributed by atoms with Gasteiger partial charge in [0.1, 0.15) is 6.10 Å². The van der Waals surface area contributed by atoms with E-state index in [9.17, 15) is 4.79 Å². The number of rotatable bonds is 2. The molecule has 2 amide bonds. The van der Waals surface area contributed by atoms with Crippen LogP contribution < -0.4 is 11.1 Å². The van der Waals surface area contributed by atoms with Gasteiger partial charge in [-0.05, 0) is 12.1 Å². The zero-order valence-electron chi connectivity index (χ0n) is 10.3. The van der Waals surface area contributed by atoms with Gasteiger partial charge >= 0.3 is 6.03 Å². The van der Waals surface area contributed by atoms with Crippen molar-refractivity contribution < 1.29 is 14.7 Å². The van der Waals surface area contributed by atoms with E-state index in [1.165, 1.54) is 0 Å². The quantitative estimate of drug-likeness (QED) is 0.316. The average molecular weight is 264 g/mol. The lowest BCUT2D eigenvalue weighted by Gasteiger charge is -2.32. The van der Waals surface area contributed by atoms with E-state index in [0.29, 0.717) is 13.2 Å². The van der Waals surface area contributed by atoms with Crippen molar-refractivity contribution in [3.05, 3.63) is 30.3 Å². The Bertz CT molecular complexity index is 463. The van der Waals surface area contributed by atoms with Crippen molar-refractivity contribution in [2.45, 2.75) is 6.10 Å². The van der Waals surface area contributed by atoms with E-state index in [-0.39, 0.29) is 18.4 Å². The lowest BCUT2D eigenvalue weighted by atomic mass is 10.2. The fraction of sp³-hybridized carbons (Fsp3) is 0.333. The normalized spacial score (nSPS) is 20.1. The maximum absolute atomic E-state index is 12.0. The number of ether oxygens (including phenoxy) is 1. The molecule has 1 unspecified atom stereocenters. The molecule has 0 saturated carbocycles. The molecule has 1 aromatic carbocycles. The van der Waals surface area contributed by atoms with Gasteiger partial charge in [-0.3, -0.25) is 0 Å². The number of nitrogens with one attached hydrogen (secondary N) is 1. The van der Waals surface area contributed by atoms with Gasteiger partial charge in [0.2, 0.25) is 0 Å². The van der Waals surface area contributed by atoms with Gasteiger partial charge in [0.25, 0.3) is 0 Å². The Kier molecular flexibility index (Phi) is 4.19. The molecule has 1 aliphatic heterocycles. The second kappa shape index (κ2) is 6.05. The van der Waals surface area contributed by atoms with E-state index in [4.69, 9.17) is 15.7 Å². The van der Waals surface area contributed by atoms with Crippen LogP contribution in [0.2, 0.25) is 0 Å². The molecule has 1 atom stereocenters. The Morgan fingerprint density at radius 3 is 2.89 bits per heavy atom. The van der Waals surface area contributed by atoms with Crippen LogP contribution >= 0.6 is 0 Å². The summed E-state index contributed by atoms with van der Waals surface area (Å²) in [5, 5.41) is 14.3. The first-order valence-electron chi connectivity index (χ1n) is 5.90. The molecule has 0 aromatic heterocycles. The number of hydrogen-bond donors (Lipinski definition) is 3. The van der Waals surface area contributed by atoms with E-state index in [0.717, 1.165) is 5.69 Å². The van der Waals surface area contributed by atoms with Crippen LogP contribution in [-0.4, -0.2) is 47.8 Å². The van der Waals surface area contributed by atoms with Gasteiger partial charge in [-0.1, -0.05) is 23.4 Å². The largest absolute Gasteiger partial charge is 0.409 e. The van der Waals surface area contributed by atoms with Gasteiger partial charge in [-0.2, -0.15) is 0 Å². The molecule has 1 aliphatic rings. The standard InChI is InChI=1S/C12H16N4O3/c13-11(15-18)10-8-16(6-7-19-10)12(17)14-9-4-2-1-3-5-9/h1-5,10,18H,6-8H2,(H2,13,15)(H,14,17). The molecule has 1 aromatic rings. The van der Waals surface area contributed by atoms with Crippen LogP contribution in [0.25, 0.3) is 0 Å². The molecule has 4 N–H and O–H groups in total. The average Bonchev–Trinajstić information content (AvgIpc) is 2.47. The maximum Gasteiger partial charge on any atom is 0.322 e. The van der Waals surface area contributed by atoms with E-state index in [1.807, 2.05) is 18.2 Å². The Balaban J connectivity index is 1.96. The molecular weight excluding hydrogens is 248 g/mol. The first-order chi connectivity index (χ1) is 9.20. The van der Waals surface area contributed by atoms with Gasteiger partial charge in [-0.15, -0.1) is 0 Å². The van der Waals surface area contributed by atoms with Crippen LogP contribution in [0.3, 0.4) is 0 Å². The first kappa shape index (κ1) is 13.2. The highest BCUT2D eigenvalue weighted by molar-refractivity contribution is 5.90. The minimum absolute atomic E-state index is 0.0304. The highest BCUT2D eigenvalue weighted by Gasteiger charge is 2.27. The number of urea groups is 1. The van der Waals surface area contributed by atoms with Crippen LogP contribution in [0.1, 0.15) is 0 Å². The lowest BCUT2D eigenvalue weighted by Crippen LogP contribution is -2.51. The zero-order chi connectivity index (χ0) is 13.7. The SMILES string of the molecule is NC(=NO)C1CN(C(=O)Nc2ccccc2)CCO1. The van der Waals surface area contributed by atoms with Gasteiger partial charge in [0.05, 0.1) is 13.2 Å². The molecular formula is C12H16N4O3. The summed E-state index contributed by atoms with van der Waals surface area (Å²) >= 11 is 0. The fourth-order valence-corrected chi connectivity index (χ4v) is 1.80. The van der Waals surface area contributed by atoms with Crippen LogP contribution in [-0.2, 0) is 4.74 Å². The summed E-state index contributed by atoms with van der Waals surface area (Å²) in [6.45, 7) is 1.07. The fourth-order valence-electron chi connectivity index (χ4n) is 1.80. The van der Waals surface area contributed by atoms with Crippen molar-refractivity contribution in [2.75, 3.05) is 25.0 Å². The van der Waals surface area contributed by atoms with Crippen LogP contribution in [0.15, 0.2) is 35.5 Å². The number of hydrogen-bond acceptors (Lipinski definition) is 4. The maximum atomic E-state index is 12.0. The topological polar surface area (TPSA) is 100 Å². The summed E-state index contributed by atoms with van der Waals surface area (Å²) in [4.78, 5) is 13.6. The molecule has 0 radical (unpaired) electrons. The number of nitrogens with zero attached hydrogens (tertiary/aromatic N) is 2. The zero-order valence-corrected chi connectivity index (χ0v) is 10.3. The summed E-state index contributed by atoms with van der Waals surface area (Å²) in [7, 11) is 0. The molecule has 0 aliphatic carbocycles. The minimum Gasteiger partial charge on any atom is -0.409 e. The number of carbonyl (C=O) groups is 1. The smallest absolute Gasteiger partial charge is 0.322 e. The summed E-state index contributed by atoms with van der Waals surface area (Å²) < 4.78 is 5.32. The van der Waals surface area contributed by atoms with E-state index in [1.54, 1.807) is 17.0 Å². The number of anilines is 1. The number of nitrogens with two attached hydrogens (primary N) is 1. The number of benzene rings is 1. The number of carbonyl (C=O) groups excluding carboxylic acids is 1. The Labute approximate surface area is 110 Å². The summed E-state index contributed by atoms with van der Waals surface area (Å²) in [5.41, 5.74) is 6.20. The number of amides is 2. The van der Waals surface area contributed by atoms with Gasteiger partial charge in [0.15, 0.2) is 5.84 Å². The van der Waals surface area contributed by atoms with E-state index >= 15 is 0 Å². The van der Waals surface area contributed by atoms with E-state index in [2.05, 4.69) is 10.5 Å². The van der Waals surface area contributed by atoms with Crippen LogP contribution in [0.4, 0.5) is 10.5 Å². The predicted octanol–water partition coefficient (Wildman–Crippen LogP) is 0.666. The van der Waals surface area contributed by atoms with Crippen LogP contribution in [0.5, 0.6) is 0 Å². The molecule has 102 valence electrons. The third kappa shape index (κ3) is 3.35. The van der Waals surface area contributed by atoms with Crippen molar-refractivity contribution in [2.24, 2.45) is 10.9 Å². The van der Waals surface area contributed by atoms with E-state index < -0.39 is 6.10 Å². The second-order valence-electron chi connectivity index (χ2n) is 4.13. The monoisotopic (exact) mass is 264 g/mol. The van der Waals surface area contributed by atoms with Crippen molar-refractivity contribution in [3.8, 4) is 0 Å². The molecule has 7 nitrogen and oxygen atoms in total. The van der Waals surface area contributed by atoms with Gasteiger partial charge < -0.3 is 25.9 Å². The van der Waals surface area contributed by atoms with Gasteiger partial charge in [0, 0.05) is 12.2 Å². The molecule has 1 saturated heterocycles.